The molecule has 2 N–H and O–H groups in total. The number of aromatic nitrogens is 2. The Morgan fingerprint density at radius 3 is 2.64 bits per heavy atom. The van der Waals surface area contributed by atoms with Gasteiger partial charge in [0.15, 0.2) is 10.9 Å². The van der Waals surface area contributed by atoms with Crippen molar-refractivity contribution in [3.8, 4) is 0 Å². The second-order valence-corrected chi connectivity index (χ2v) is 6.32. The Kier molecular flexibility index (Phi) is 5.31. The first-order valence-corrected chi connectivity index (χ1v) is 8.41. The molecule has 0 radical (unpaired) electrons. The Morgan fingerprint density at radius 1 is 1.16 bits per heavy atom. The van der Waals surface area contributed by atoms with Crippen LogP contribution in [0.25, 0.3) is 0 Å². The van der Waals surface area contributed by atoms with Crippen molar-refractivity contribution in [3.63, 3.8) is 0 Å². The average Bonchev–Trinajstić information content (AvgIpc) is 2.90. The van der Waals surface area contributed by atoms with Crippen molar-refractivity contribution in [1.29, 1.82) is 0 Å². The van der Waals surface area contributed by atoms with Gasteiger partial charge in [-0.1, -0.05) is 35.9 Å². The number of anilines is 2. The van der Waals surface area contributed by atoms with Crippen LogP contribution in [0.2, 0.25) is 5.02 Å². The first-order chi connectivity index (χ1) is 12.0. The molecule has 1 heterocycles. The van der Waals surface area contributed by atoms with Crippen LogP contribution in [0.15, 0.2) is 54.6 Å². The third-order valence-corrected chi connectivity index (χ3v) is 4.15. The number of hydrogen-bond acceptors (Lipinski definition) is 2. The highest BCUT2D eigenvalue weighted by atomic mass is 35.5. The van der Waals surface area contributed by atoms with Gasteiger partial charge in [0, 0.05) is 22.5 Å². The maximum Gasteiger partial charge on any atom is 0.176 e. The molecule has 0 aliphatic carbocycles. The molecule has 3 aromatic rings. The second-order valence-electron chi connectivity index (χ2n) is 5.51. The van der Waals surface area contributed by atoms with Gasteiger partial charge in [-0.25, -0.2) is 4.39 Å². The maximum atomic E-state index is 13.2. The van der Waals surface area contributed by atoms with E-state index in [0.717, 1.165) is 16.9 Å². The molecule has 1 aromatic heterocycles. The number of thiocarbonyl (C=S) groups is 1. The standard InChI is InChI=1S/C18H16ClFN4S/c1-12-9-17(22-18(25)21-15-5-3-2-4-6-15)23-24(12)11-13-7-8-14(20)10-16(13)19/h2-10H,11H2,1H3,(H2,21,22,23,25). The Labute approximate surface area is 155 Å². The van der Waals surface area contributed by atoms with Gasteiger partial charge < -0.3 is 10.6 Å². The summed E-state index contributed by atoms with van der Waals surface area (Å²) in [6.45, 7) is 2.38. The Morgan fingerprint density at radius 2 is 1.92 bits per heavy atom. The molecular formula is C18H16ClFN4S. The van der Waals surface area contributed by atoms with Crippen LogP contribution in [0, 0.1) is 12.7 Å². The Balaban J connectivity index is 1.68. The number of benzene rings is 2. The molecule has 0 aliphatic heterocycles. The summed E-state index contributed by atoms with van der Waals surface area (Å²) >= 11 is 11.4. The Hall–Kier alpha value is -2.44. The highest BCUT2D eigenvalue weighted by Gasteiger charge is 2.09. The van der Waals surface area contributed by atoms with Gasteiger partial charge in [0.1, 0.15) is 5.82 Å². The largest absolute Gasteiger partial charge is 0.332 e. The van der Waals surface area contributed by atoms with Crippen LogP contribution in [0.4, 0.5) is 15.9 Å². The first kappa shape index (κ1) is 17.4. The predicted octanol–water partition coefficient (Wildman–Crippen LogP) is 4.84. The summed E-state index contributed by atoms with van der Waals surface area (Å²) in [7, 11) is 0. The lowest BCUT2D eigenvalue weighted by molar-refractivity contribution is 0.623. The minimum absolute atomic E-state index is 0.356. The summed E-state index contributed by atoms with van der Waals surface area (Å²) in [5, 5.41) is 11.5. The molecule has 0 aliphatic rings. The average molecular weight is 375 g/mol. The van der Waals surface area contributed by atoms with Gasteiger partial charge in [0.25, 0.3) is 0 Å². The van der Waals surface area contributed by atoms with E-state index in [1.807, 2.05) is 43.3 Å². The summed E-state index contributed by atoms with van der Waals surface area (Å²) in [4.78, 5) is 0. The SMILES string of the molecule is Cc1cc(NC(=S)Nc2ccccc2)nn1Cc1ccc(F)cc1Cl. The minimum Gasteiger partial charge on any atom is -0.332 e. The topological polar surface area (TPSA) is 41.9 Å². The molecule has 0 saturated carbocycles. The van der Waals surface area contributed by atoms with Gasteiger partial charge in [-0.3, -0.25) is 4.68 Å². The third kappa shape index (κ3) is 4.55. The van der Waals surface area contributed by atoms with Gasteiger partial charge in [0.2, 0.25) is 0 Å². The zero-order chi connectivity index (χ0) is 17.8. The minimum atomic E-state index is -0.356. The summed E-state index contributed by atoms with van der Waals surface area (Å²) in [6, 6.07) is 15.9. The number of nitrogens with one attached hydrogen (secondary N) is 2. The van der Waals surface area contributed by atoms with Crippen molar-refractivity contribution >= 4 is 40.4 Å². The van der Waals surface area contributed by atoms with Gasteiger partial charge in [-0.2, -0.15) is 5.10 Å². The predicted molar refractivity (Wildman–Crippen MR) is 104 cm³/mol. The molecule has 128 valence electrons. The van der Waals surface area contributed by atoms with Crippen molar-refractivity contribution in [2.24, 2.45) is 0 Å². The van der Waals surface area contributed by atoms with E-state index in [2.05, 4.69) is 15.7 Å². The molecule has 0 spiro atoms. The van der Waals surface area contributed by atoms with E-state index in [1.165, 1.54) is 12.1 Å². The molecule has 0 saturated heterocycles. The number of halogens is 2. The molecule has 7 heteroatoms. The fourth-order valence-corrected chi connectivity index (χ4v) is 2.79. The lowest BCUT2D eigenvalue weighted by atomic mass is 10.2. The molecule has 0 bridgehead atoms. The van der Waals surface area contributed by atoms with E-state index >= 15 is 0 Å². The van der Waals surface area contributed by atoms with Gasteiger partial charge in [-0.05, 0) is 49.0 Å². The molecule has 25 heavy (non-hydrogen) atoms. The smallest absolute Gasteiger partial charge is 0.176 e. The molecule has 4 nitrogen and oxygen atoms in total. The van der Waals surface area contributed by atoms with E-state index in [1.54, 1.807) is 10.7 Å². The zero-order valence-corrected chi connectivity index (χ0v) is 15.0. The molecule has 0 atom stereocenters. The summed E-state index contributed by atoms with van der Waals surface area (Å²) in [6.07, 6.45) is 0. The maximum absolute atomic E-state index is 13.2. The van der Waals surface area contributed by atoms with Gasteiger partial charge >= 0.3 is 0 Å². The summed E-state index contributed by atoms with van der Waals surface area (Å²) < 4.78 is 14.9. The highest BCUT2D eigenvalue weighted by molar-refractivity contribution is 7.80. The van der Waals surface area contributed by atoms with E-state index < -0.39 is 0 Å². The molecule has 3 rings (SSSR count). The fraction of sp³-hybridized carbons (Fsp3) is 0.111. The van der Waals surface area contributed by atoms with Crippen LogP contribution >= 0.6 is 23.8 Å². The lowest BCUT2D eigenvalue weighted by Gasteiger charge is -2.08. The first-order valence-electron chi connectivity index (χ1n) is 7.63. The highest BCUT2D eigenvalue weighted by Crippen LogP contribution is 2.20. The Bertz CT molecular complexity index is 895. The molecule has 0 unspecified atom stereocenters. The molecule has 0 amide bonds. The van der Waals surface area contributed by atoms with E-state index in [9.17, 15) is 4.39 Å². The number of para-hydroxylation sites is 1. The van der Waals surface area contributed by atoms with E-state index in [4.69, 9.17) is 23.8 Å². The number of aryl methyl sites for hydroxylation is 1. The quantitative estimate of drug-likeness (QED) is 0.641. The number of nitrogens with zero attached hydrogens (tertiary/aromatic N) is 2. The number of rotatable bonds is 4. The van der Waals surface area contributed by atoms with Crippen LogP contribution in [0.3, 0.4) is 0 Å². The van der Waals surface area contributed by atoms with Crippen molar-refractivity contribution in [2.45, 2.75) is 13.5 Å². The van der Waals surface area contributed by atoms with Crippen LogP contribution < -0.4 is 10.6 Å². The van der Waals surface area contributed by atoms with Crippen molar-refractivity contribution in [3.05, 3.63) is 76.7 Å². The molecule has 2 aromatic carbocycles. The van der Waals surface area contributed by atoms with Crippen LogP contribution in [-0.4, -0.2) is 14.9 Å². The second kappa shape index (κ2) is 7.63. The van der Waals surface area contributed by atoms with Crippen LogP contribution in [0.1, 0.15) is 11.3 Å². The fourth-order valence-electron chi connectivity index (χ4n) is 2.34. The zero-order valence-electron chi connectivity index (χ0n) is 13.5. The molecule has 0 fully saturated rings. The van der Waals surface area contributed by atoms with E-state index in [0.29, 0.717) is 22.5 Å². The van der Waals surface area contributed by atoms with E-state index in [-0.39, 0.29) is 5.82 Å². The van der Waals surface area contributed by atoms with Crippen molar-refractivity contribution in [1.82, 2.24) is 9.78 Å². The molecular weight excluding hydrogens is 359 g/mol. The normalized spacial score (nSPS) is 10.5. The summed E-state index contributed by atoms with van der Waals surface area (Å²) in [5.74, 6) is 0.273. The third-order valence-electron chi connectivity index (χ3n) is 3.59. The van der Waals surface area contributed by atoms with Crippen molar-refractivity contribution in [2.75, 3.05) is 10.6 Å². The summed E-state index contributed by atoms with van der Waals surface area (Å²) in [5.41, 5.74) is 2.63. The lowest BCUT2D eigenvalue weighted by Crippen LogP contribution is -2.19. The van der Waals surface area contributed by atoms with Crippen molar-refractivity contribution < 1.29 is 4.39 Å². The monoisotopic (exact) mass is 374 g/mol. The van der Waals surface area contributed by atoms with Gasteiger partial charge in [-0.15, -0.1) is 0 Å². The number of hydrogen-bond donors (Lipinski definition) is 2. The van der Waals surface area contributed by atoms with Gasteiger partial charge in [0.05, 0.1) is 6.54 Å². The van der Waals surface area contributed by atoms with Crippen LogP contribution in [0.5, 0.6) is 0 Å². The van der Waals surface area contributed by atoms with Crippen LogP contribution in [-0.2, 0) is 6.54 Å².